The highest BCUT2D eigenvalue weighted by Crippen LogP contribution is 2.17. The molecule has 0 aliphatic carbocycles. The van der Waals surface area contributed by atoms with Crippen LogP contribution in [-0.2, 0) is 5.75 Å². The molecule has 0 aliphatic heterocycles. The summed E-state index contributed by atoms with van der Waals surface area (Å²) in [5.41, 5.74) is 0. The van der Waals surface area contributed by atoms with Crippen molar-refractivity contribution in [2.75, 3.05) is 5.75 Å². The first kappa shape index (κ1) is 11.4. The van der Waals surface area contributed by atoms with Gasteiger partial charge in [-0.1, -0.05) is 13.0 Å². The summed E-state index contributed by atoms with van der Waals surface area (Å²) in [5.74, 6) is 4.03. The third-order valence-corrected chi connectivity index (χ3v) is 3.16. The molecule has 2 heteroatoms. The van der Waals surface area contributed by atoms with E-state index in [4.69, 9.17) is 4.42 Å². The van der Waals surface area contributed by atoms with Crippen molar-refractivity contribution in [1.29, 1.82) is 0 Å². The van der Waals surface area contributed by atoms with E-state index in [1.165, 1.54) is 12.2 Å². The van der Waals surface area contributed by atoms with E-state index in [1.807, 2.05) is 30.0 Å². The van der Waals surface area contributed by atoms with Crippen LogP contribution in [0.5, 0.6) is 0 Å². The average molecular weight is 210 g/mol. The zero-order valence-corrected chi connectivity index (χ0v) is 9.56. The predicted octanol–water partition coefficient (Wildman–Crippen LogP) is 4.12. The Morgan fingerprint density at radius 2 is 2.50 bits per heavy atom. The molecule has 0 N–H and O–H groups in total. The monoisotopic (exact) mass is 210 g/mol. The van der Waals surface area contributed by atoms with Gasteiger partial charge in [0.15, 0.2) is 0 Å². The zero-order chi connectivity index (χ0) is 10.2. The average Bonchev–Trinajstić information content (AvgIpc) is 2.65. The molecule has 1 aromatic rings. The van der Waals surface area contributed by atoms with E-state index in [2.05, 4.69) is 13.5 Å². The summed E-state index contributed by atoms with van der Waals surface area (Å²) < 4.78 is 5.25. The lowest BCUT2D eigenvalue weighted by molar-refractivity contribution is 0.530. The van der Waals surface area contributed by atoms with E-state index in [0.29, 0.717) is 0 Å². The first-order valence-corrected chi connectivity index (χ1v) is 6.19. The standard InChI is InChI=1S/C12H18OS/c1-3-5-11(2)7-9-14-10-12-6-4-8-13-12/h3-4,6,8,11H,1,5,7,9-10H2,2H3. The fourth-order valence-corrected chi connectivity index (χ4v) is 2.33. The number of allylic oxidation sites excluding steroid dienone is 1. The molecule has 0 radical (unpaired) electrons. The quantitative estimate of drug-likeness (QED) is 0.496. The molecule has 0 spiro atoms. The van der Waals surface area contributed by atoms with Gasteiger partial charge in [0, 0.05) is 0 Å². The van der Waals surface area contributed by atoms with Crippen LogP contribution < -0.4 is 0 Å². The normalized spacial score (nSPS) is 12.6. The fraction of sp³-hybridized carbons (Fsp3) is 0.500. The maximum atomic E-state index is 5.25. The first-order valence-electron chi connectivity index (χ1n) is 5.04. The van der Waals surface area contributed by atoms with Crippen molar-refractivity contribution in [1.82, 2.24) is 0 Å². The summed E-state index contributed by atoms with van der Waals surface area (Å²) in [5, 5.41) is 0. The molecule has 0 aliphatic rings. The topological polar surface area (TPSA) is 13.1 Å². The van der Waals surface area contributed by atoms with Gasteiger partial charge in [-0.2, -0.15) is 11.8 Å². The largest absolute Gasteiger partial charge is 0.468 e. The van der Waals surface area contributed by atoms with Crippen molar-refractivity contribution < 1.29 is 4.42 Å². The van der Waals surface area contributed by atoms with Crippen LogP contribution in [0.3, 0.4) is 0 Å². The highest BCUT2D eigenvalue weighted by atomic mass is 32.2. The van der Waals surface area contributed by atoms with E-state index in [9.17, 15) is 0 Å². The van der Waals surface area contributed by atoms with Gasteiger partial charge in [-0.15, -0.1) is 6.58 Å². The molecular formula is C12H18OS. The minimum atomic E-state index is 0.761. The van der Waals surface area contributed by atoms with E-state index < -0.39 is 0 Å². The Morgan fingerprint density at radius 3 is 3.14 bits per heavy atom. The molecule has 1 atom stereocenters. The van der Waals surface area contributed by atoms with Gasteiger partial charge in [0.2, 0.25) is 0 Å². The number of thioether (sulfide) groups is 1. The molecule has 0 aromatic carbocycles. The molecule has 78 valence electrons. The molecule has 14 heavy (non-hydrogen) atoms. The maximum absolute atomic E-state index is 5.25. The second-order valence-electron chi connectivity index (χ2n) is 3.55. The van der Waals surface area contributed by atoms with Gasteiger partial charge in [-0.25, -0.2) is 0 Å². The van der Waals surface area contributed by atoms with Crippen LogP contribution in [0, 0.1) is 5.92 Å². The number of hydrogen-bond acceptors (Lipinski definition) is 2. The second kappa shape index (κ2) is 6.77. The van der Waals surface area contributed by atoms with Crippen molar-refractivity contribution >= 4 is 11.8 Å². The maximum Gasteiger partial charge on any atom is 0.113 e. The smallest absolute Gasteiger partial charge is 0.113 e. The van der Waals surface area contributed by atoms with Crippen molar-refractivity contribution in [3.05, 3.63) is 36.8 Å². The Bertz CT molecular complexity index is 241. The summed E-state index contributed by atoms with van der Waals surface area (Å²) >= 11 is 1.94. The van der Waals surface area contributed by atoms with Crippen molar-refractivity contribution in [3.63, 3.8) is 0 Å². The van der Waals surface area contributed by atoms with Crippen molar-refractivity contribution in [2.45, 2.75) is 25.5 Å². The molecule has 0 saturated carbocycles. The van der Waals surface area contributed by atoms with E-state index in [0.717, 1.165) is 23.9 Å². The molecule has 0 fully saturated rings. The summed E-state index contributed by atoms with van der Waals surface area (Å²) in [7, 11) is 0. The van der Waals surface area contributed by atoms with Gasteiger partial charge < -0.3 is 4.42 Å². The van der Waals surface area contributed by atoms with Gasteiger partial charge in [-0.05, 0) is 36.6 Å². The van der Waals surface area contributed by atoms with Crippen LogP contribution in [0.25, 0.3) is 0 Å². The van der Waals surface area contributed by atoms with E-state index in [-0.39, 0.29) is 0 Å². The van der Waals surface area contributed by atoms with Crippen LogP contribution in [0.2, 0.25) is 0 Å². The van der Waals surface area contributed by atoms with Crippen LogP contribution >= 0.6 is 11.8 Å². The minimum Gasteiger partial charge on any atom is -0.468 e. The SMILES string of the molecule is C=CCC(C)CCSCc1ccco1. The third kappa shape index (κ3) is 4.56. The molecule has 0 bridgehead atoms. The summed E-state index contributed by atoms with van der Waals surface area (Å²) in [6, 6.07) is 3.97. The second-order valence-corrected chi connectivity index (χ2v) is 4.66. The zero-order valence-electron chi connectivity index (χ0n) is 8.74. The lowest BCUT2D eigenvalue weighted by atomic mass is 10.1. The number of furan rings is 1. The molecule has 1 nitrogen and oxygen atoms in total. The lowest BCUT2D eigenvalue weighted by Crippen LogP contribution is -1.94. The minimum absolute atomic E-state index is 0.761. The Kier molecular flexibility index (Phi) is 5.53. The molecule has 1 aromatic heterocycles. The first-order chi connectivity index (χ1) is 6.83. The predicted molar refractivity (Wildman–Crippen MR) is 63.5 cm³/mol. The third-order valence-electron chi connectivity index (χ3n) is 2.15. The fourth-order valence-electron chi connectivity index (χ4n) is 1.25. The van der Waals surface area contributed by atoms with Crippen LogP contribution in [0.1, 0.15) is 25.5 Å². The van der Waals surface area contributed by atoms with Crippen LogP contribution in [0.4, 0.5) is 0 Å². The molecule has 0 amide bonds. The highest BCUT2D eigenvalue weighted by molar-refractivity contribution is 7.98. The van der Waals surface area contributed by atoms with Crippen LogP contribution in [0.15, 0.2) is 35.5 Å². The van der Waals surface area contributed by atoms with Crippen molar-refractivity contribution in [3.8, 4) is 0 Å². The Morgan fingerprint density at radius 1 is 1.64 bits per heavy atom. The molecule has 1 rings (SSSR count). The number of hydrogen-bond donors (Lipinski definition) is 0. The van der Waals surface area contributed by atoms with Gasteiger partial charge in [0.05, 0.1) is 12.0 Å². The van der Waals surface area contributed by atoms with Crippen molar-refractivity contribution in [2.24, 2.45) is 5.92 Å². The van der Waals surface area contributed by atoms with Crippen LogP contribution in [-0.4, -0.2) is 5.75 Å². The Labute approximate surface area is 90.6 Å². The highest BCUT2D eigenvalue weighted by Gasteiger charge is 2.00. The van der Waals surface area contributed by atoms with E-state index in [1.54, 1.807) is 6.26 Å². The van der Waals surface area contributed by atoms with Gasteiger partial charge in [-0.3, -0.25) is 0 Å². The molecule has 1 unspecified atom stereocenters. The van der Waals surface area contributed by atoms with Gasteiger partial charge >= 0.3 is 0 Å². The van der Waals surface area contributed by atoms with E-state index >= 15 is 0 Å². The Balaban J connectivity index is 2.02. The molecular weight excluding hydrogens is 192 g/mol. The Hall–Kier alpha value is -0.630. The van der Waals surface area contributed by atoms with Gasteiger partial charge in [0.1, 0.15) is 5.76 Å². The van der Waals surface area contributed by atoms with Gasteiger partial charge in [0.25, 0.3) is 0 Å². The molecule has 1 heterocycles. The lowest BCUT2D eigenvalue weighted by Gasteiger charge is -2.06. The number of rotatable bonds is 7. The summed E-state index contributed by atoms with van der Waals surface area (Å²) in [6.45, 7) is 6.02. The summed E-state index contributed by atoms with van der Waals surface area (Å²) in [4.78, 5) is 0. The summed E-state index contributed by atoms with van der Waals surface area (Å²) in [6.07, 6.45) is 6.12. The molecule has 0 saturated heterocycles.